The Labute approximate surface area is 80.9 Å². The zero-order valence-electron chi connectivity index (χ0n) is 7.96. The highest BCUT2D eigenvalue weighted by Gasteiger charge is 2.03. The number of para-hydroxylation sites is 1. The van der Waals surface area contributed by atoms with Crippen LogP contribution >= 0.6 is 0 Å². The molecule has 0 saturated carbocycles. The molecule has 0 spiro atoms. The van der Waals surface area contributed by atoms with E-state index in [9.17, 15) is 4.79 Å². The van der Waals surface area contributed by atoms with Gasteiger partial charge < -0.3 is 14.7 Å². The van der Waals surface area contributed by atoms with Crippen molar-refractivity contribution in [3.05, 3.63) is 28.7 Å². The maximum atomic E-state index is 11.0. The van der Waals surface area contributed by atoms with Crippen LogP contribution in [0.3, 0.4) is 0 Å². The summed E-state index contributed by atoms with van der Waals surface area (Å²) in [6.45, 7) is 2.70. The third-order valence-corrected chi connectivity index (χ3v) is 1.97. The minimum Gasteiger partial charge on any atom is -0.491 e. The van der Waals surface area contributed by atoms with Crippen molar-refractivity contribution in [1.82, 2.24) is 9.97 Å². The molecule has 0 unspecified atom stereocenters. The summed E-state index contributed by atoms with van der Waals surface area (Å²) in [7, 11) is 0. The molecule has 0 aliphatic carbocycles. The van der Waals surface area contributed by atoms with Gasteiger partial charge in [0.15, 0.2) is 0 Å². The molecule has 0 aliphatic rings. The predicted octanol–water partition coefficient (Wildman–Crippen LogP) is 1.64. The lowest BCUT2D eigenvalue weighted by molar-refractivity contribution is 0.320. The second-order valence-corrected chi connectivity index (χ2v) is 3.11. The van der Waals surface area contributed by atoms with Crippen molar-refractivity contribution >= 4 is 11.0 Å². The van der Waals surface area contributed by atoms with E-state index in [0.717, 1.165) is 23.2 Å². The van der Waals surface area contributed by atoms with E-state index in [-0.39, 0.29) is 5.69 Å². The lowest BCUT2D eigenvalue weighted by atomic mass is 10.3. The van der Waals surface area contributed by atoms with Crippen molar-refractivity contribution in [1.29, 1.82) is 0 Å². The summed E-state index contributed by atoms with van der Waals surface area (Å²) in [5, 5.41) is 0. The fraction of sp³-hybridized carbons (Fsp3) is 0.300. The number of aromatic nitrogens is 2. The summed E-state index contributed by atoms with van der Waals surface area (Å²) >= 11 is 0. The number of fused-ring (bicyclic) bond motifs is 1. The van der Waals surface area contributed by atoms with Crippen molar-refractivity contribution in [3.63, 3.8) is 0 Å². The van der Waals surface area contributed by atoms with Crippen LogP contribution < -0.4 is 10.4 Å². The van der Waals surface area contributed by atoms with Crippen LogP contribution in [0.15, 0.2) is 23.0 Å². The smallest absolute Gasteiger partial charge is 0.323 e. The Morgan fingerprint density at radius 1 is 1.36 bits per heavy atom. The van der Waals surface area contributed by atoms with Crippen LogP contribution in [0.5, 0.6) is 5.75 Å². The zero-order chi connectivity index (χ0) is 9.97. The fourth-order valence-corrected chi connectivity index (χ4v) is 1.36. The molecule has 0 radical (unpaired) electrons. The van der Waals surface area contributed by atoms with Crippen molar-refractivity contribution < 1.29 is 4.74 Å². The van der Waals surface area contributed by atoms with Gasteiger partial charge in [0, 0.05) is 0 Å². The molecule has 1 heterocycles. The van der Waals surface area contributed by atoms with Crippen molar-refractivity contribution in [3.8, 4) is 5.75 Å². The molecule has 2 aromatic rings. The number of benzene rings is 1. The van der Waals surface area contributed by atoms with Crippen LogP contribution in [0.4, 0.5) is 0 Å². The molecule has 2 N–H and O–H groups in total. The number of aromatic amines is 2. The first-order chi connectivity index (χ1) is 6.81. The summed E-state index contributed by atoms with van der Waals surface area (Å²) in [5.41, 5.74) is 1.32. The van der Waals surface area contributed by atoms with Gasteiger partial charge in [-0.25, -0.2) is 4.79 Å². The first-order valence-corrected chi connectivity index (χ1v) is 4.65. The monoisotopic (exact) mass is 192 g/mol. The highest BCUT2D eigenvalue weighted by atomic mass is 16.5. The van der Waals surface area contributed by atoms with E-state index in [0.29, 0.717) is 6.61 Å². The molecule has 2 rings (SSSR count). The molecule has 0 aliphatic heterocycles. The summed E-state index contributed by atoms with van der Waals surface area (Å²) in [6, 6.07) is 5.55. The topological polar surface area (TPSA) is 57.9 Å². The summed E-state index contributed by atoms with van der Waals surface area (Å²) in [4.78, 5) is 16.4. The lowest BCUT2D eigenvalue weighted by Crippen LogP contribution is -2.00. The standard InChI is InChI=1S/C10H12N2O2/c1-2-6-14-8-5-3-4-7-9(8)12-10(13)11-7/h3-5H,2,6H2,1H3,(H2,11,12,13). The van der Waals surface area contributed by atoms with Crippen molar-refractivity contribution in [2.75, 3.05) is 6.61 Å². The van der Waals surface area contributed by atoms with E-state index in [1.807, 2.05) is 25.1 Å². The molecule has 0 fully saturated rings. The molecular weight excluding hydrogens is 180 g/mol. The van der Waals surface area contributed by atoms with Crippen molar-refractivity contribution in [2.24, 2.45) is 0 Å². The first-order valence-electron chi connectivity index (χ1n) is 4.65. The summed E-state index contributed by atoms with van der Waals surface area (Å²) < 4.78 is 5.49. The van der Waals surface area contributed by atoms with E-state index in [1.54, 1.807) is 0 Å². The summed E-state index contributed by atoms with van der Waals surface area (Å²) in [5.74, 6) is 0.725. The molecule has 1 aromatic heterocycles. The van der Waals surface area contributed by atoms with E-state index >= 15 is 0 Å². The molecule has 0 bridgehead atoms. The molecule has 1 aromatic carbocycles. The minimum absolute atomic E-state index is 0.201. The Morgan fingerprint density at radius 3 is 3.00 bits per heavy atom. The molecule has 0 atom stereocenters. The third-order valence-electron chi connectivity index (χ3n) is 1.97. The van der Waals surface area contributed by atoms with E-state index in [4.69, 9.17) is 4.74 Å². The predicted molar refractivity (Wildman–Crippen MR) is 54.7 cm³/mol. The average molecular weight is 192 g/mol. The van der Waals surface area contributed by atoms with Gasteiger partial charge in [0.05, 0.1) is 12.1 Å². The maximum Gasteiger partial charge on any atom is 0.323 e. The number of H-pyrrole nitrogens is 2. The van der Waals surface area contributed by atoms with Crippen molar-refractivity contribution in [2.45, 2.75) is 13.3 Å². The Kier molecular flexibility index (Phi) is 2.26. The number of nitrogens with one attached hydrogen (secondary N) is 2. The van der Waals surface area contributed by atoms with Crippen LogP contribution in [0.2, 0.25) is 0 Å². The number of rotatable bonds is 3. The fourth-order valence-electron chi connectivity index (χ4n) is 1.36. The van der Waals surface area contributed by atoms with Gasteiger partial charge in [-0.2, -0.15) is 0 Å². The largest absolute Gasteiger partial charge is 0.491 e. The van der Waals surface area contributed by atoms with Gasteiger partial charge in [0.25, 0.3) is 0 Å². The van der Waals surface area contributed by atoms with Crippen LogP contribution in [-0.4, -0.2) is 16.6 Å². The van der Waals surface area contributed by atoms with Gasteiger partial charge in [-0.15, -0.1) is 0 Å². The average Bonchev–Trinajstić information content (AvgIpc) is 2.55. The number of hydrogen-bond acceptors (Lipinski definition) is 2. The van der Waals surface area contributed by atoms with Gasteiger partial charge in [-0.1, -0.05) is 13.0 Å². The SMILES string of the molecule is CCCOc1cccc2[nH]c(=O)[nH]c12. The number of hydrogen-bond donors (Lipinski definition) is 2. The third kappa shape index (κ3) is 1.51. The van der Waals surface area contributed by atoms with E-state index < -0.39 is 0 Å². The Hall–Kier alpha value is -1.71. The molecular formula is C10H12N2O2. The maximum absolute atomic E-state index is 11.0. The Morgan fingerprint density at radius 2 is 2.21 bits per heavy atom. The Bertz CT molecular complexity index is 484. The second-order valence-electron chi connectivity index (χ2n) is 3.11. The van der Waals surface area contributed by atoms with E-state index in [2.05, 4.69) is 9.97 Å². The quantitative estimate of drug-likeness (QED) is 0.776. The van der Waals surface area contributed by atoms with Gasteiger partial charge in [-0.3, -0.25) is 0 Å². The molecule has 0 saturated heterocycles. The molecule has 0 amide bonds. The molecule has 4 heteroatoms. The molecule has 74 valence electrons. The Balaban J connectivity index is 2.47. The first kappa shape index (κ1) is 8.87. The van der Waals surface area contributed by atoms with Crippen LogP contribution in [0.1, 0.15) is 13.3 Å². The minimum atomic E-state index is -0.201. The van der Waals surface area contributed by atoms with Gasteiger partial charge >= 0.3 is 5.69 Å². The molecule has 4 nitrogen and oxygen atoms in total. The number of ether oxygens (including phenoxy) is 1. The van der Waals surface area contributed by atoms with Gasteiger partial charge in [0.2, 0.25) is 0 Å². The highest BCUT2D eigenvalue weighted by molar-refractivity contribution is 5.80. The summed E-state index contributed by atoms with van der Waals surface area (Å²) in [6.07, 6.45) is 0.949. The van der Waals surface area contributed by atoms with Crippen LogP contribution in [0.25, 0.3) is 11.0 Å². The van der Waals surface area contributed by atoms with Crippen LogP contribution in [-0.2, 0) is 0 Å². The van der Waals surface area contributed by atoms with E-state index in [1.165, 1.54) is 0 Å². The molecule has 14 heavy (non-hydrogen) atoms. The van der Waals surface area contributed by atoms with Gasteiger partial charge in [-0.05, 0) is 18.6 Å². The second kappa shape index (κ2) is 3.57. The van der Waals surface area contributed by atoms with Gasteiger partial charge in [0.1, 0.15) is 11.3 Å². The highest BCUT2D eigenvalue weighted by Crippen LogP contribution is 2.20. The zero-order valence-corrected chi connectivity index (χ0v) is 7.96. The lowest BCUT2D eigenvalue weighted by Gasteiger charge is -2.04. The number of imidazole rings is 1. The van der Waals surface area contributed by atoms with Crippen LogP contribution in [0, 0.1) is 0 Å². The normalized spacial score (nSPS) is 10.6.